The third-order valence-corrected chi connectivity index (χ3v) is 7.38. The van der Waals surface area contributed by atoms with E-state index in [1.165, 1.54) is 28.4 Å². The maximum absolute atomic E-state index is 13.1. The zero-order valence-corrected chi connectivity index (χ0v) is 20.6. The Bertz CT molecular complexity index is 1030. The molecule has 3 rings (SSSR count). The highest BCUT2D eigenvalue weighted by Crippen LogP contribution is 2.44. The zero-order valence-electron chi connectivity index (χ0n) is 19.8. The molecular weight excluding hydrogens is 448 g/mol. The molecule has 0 saturated carbocycles. The van der Waals surface area contributed by atoms with Gasteiger partial charge < -0.3 is 28.4 Å². The standard InChI is InChI=1S/C24H32O8S/c1-6-11-31-19-8-7-16(12-20(19)27-2)15-33(25,26)23-10-9-18(32-23)17-13-21(28-3)24(30-5)22(14-17)29-4/h7-8,12-14,18,23H,6,9-11,15H2,1-5H3. The van der Waals surface area contributed by atoms with Gasteiger partial charge in [-0.25, -0.2) is 8.42 Å². The number of hydrogen-bond acceptors (Lipinski definition) is 8. The van der Waals surface area contributed by atoms with Crippen LogP contribution in [0.4, 0.5) is 0 Å². The molecule has 2 unspecified atom stereocenters. The largest absolute Gasteiger partial charge is 0.493 e. The molecular formula is C24H32O8S. The SMILES string of the molecule is CCCOc1ccc(CS(=O)(=O)C2CCC(c3cc(OC)c(OC)c(OC)c3)O2)cc1OC. The maximum atomic E-state index is 13.1. The van der Waals surface area contributed by atoms with Gasteiger partial charge in [0.1, 0.15) is 0 Å². The van der Waals surface area contributed by atoms with Crippen LogP contribution in [-0.4, -0.2) is 48.9 Å². The highest BCUT2D eigenvalue weighted by atomic mass is 32.2. The molecule has 0 aliphatic carbocycles. The molecule has 1 fully saturated rings. The minimum absolute atomic E-state index is 0.149. The lowest BCUT2D eigenvalue weighted by Gasteiger charge is -2.18. The summed E-state index contributed by atoms with van der Waals surface area (Å²) in [6.45, 7) is 2.58. The first-order chi connectivity index (χ1) is 15.9. The molecule has 2 aromatic rings. The van der Waals surface area contributed by atoms with Gasteiger partial charge in [-0.1, -0.05) is 13.0 Å². The predicted molar refractivity (Wildman–Crippen MR) is 124 cm³/mol. The van der Waals surface area contributed by atoms with Gasteiger partial charge in [-0.2, -0.15) is 0 Å². The molecule has 1 aliphatic heterocycles. The van der Waals surface area contributed by atoms with Gasteiger partial charge in [0.15, 0.2) is 38.3 Å². The van der Waals surface area contributed by atoms with Gasteiger partial charge >= 0.3 is 0 Å². The van der Waals surface area contributed by atoms with Crippen molar-refractivity contribution in [2.45, 2.75) is 43.5 Å². The van der Waals surface area contributed by atoms with Crippen LogP contribution in [0.15, 0.2) is 30.3 Å². The number of ether oxygens (including phenoxy) is 6. The van der Waals surface area contributed by atoms with Crippen LogP contribution in [0.3, 0.4) is 0 Å². The lowest BCUT2D eigenvalue weighted by atomic mass is 10.1. The van der Waals surface area contributed by atoms with Gasteiger partial charge in [-0.3, -0.25) is 0 Å². The Morgan fingerprint density at radius 1 is 0.879 bits per heavy atom. The first kappa shape index (κ1) is 25.0. The van der Waals surface area contributed by atoms with Crippen molar-refractivity contribution in [3.05, 3.63) is 41.5 Å². The minimum Gasteiger partial charge on any atom is -0.493 e. The number of benzene rings is 2. The van der Waals surface area contributed by atoms with Crippen LogP contribution in [0.5, 0.6) is 28.7 Å². The smallest absolute Gasteiger partial charge is 0.203 e. The lowest BCUT2D eigenvalue weighted by molar-refractivity contribution is 0.0865. The summed E-state index contributed by atoms with van der Waals surface area (Å²) in [7, 11) is 2.59. The molecule has 2 aromatic carbocycles. The molecule has 33 heavy (non-hydrogen) atoms. The molecule has 0 N–H and O–H groups in total. The summed E-state index contributed by atoms with van der Waals surface area (Å²) in [6.07, 6.45) is 1.44. The molecule has 8 nitrogen and oxygen atoms in total. The average molecular weight is 481 g/mol. The Morgan fingerprint density at radius 2 is 1.55 bits per heavy atom. The van der Waals surface area contributed by atoms with Crippen LogP contribution in [0.2, 0.25) is 0 Å². The number of hydrogen-bond donors (Lipinski definition) is 0. The van der Waals surface area contributed by atoms with Gasteiger partial charge in [0, 0.05) is 0 Å². The molecule has 1 heterocycles. The van der Waals surface area contributed by atoms with Crippen molar-refractivity contribution in [3.8, 4) is 28.7 Å². The van der Waals surface area contributed by atoms with Crippen LogP contribution in [0.1, 0.15) is 43.4 Å². The van der Waals surface area contributed by atoms with E-state index < -0.39 is 21.4 Å². The van der Waals surface area contributed by atoms with Crippen LogP contribution >= 0.6 is 0 Å². The minimum atomic E-state index is -3.56. The fourth-order valence-electron chi connectivity index (χ4n) is 3.86. The summed E-state index contributed by atoms with van der Waals surface area (Å²) in [6, 6.07) is 8.78. The van der Waals surface area contributed by atoms with Gasteiger partial charge in [0.2, 0.25) is 5.75 Å². The third-order valence-electron chi connectivity index (χ3n) is 5.50. The Labute approximate surface area is 195 Å². The first-order valence-electron chi connectivity index (χ1n) is 10.8. The van der Waals surface area contributed by atoms with Crippen molar-refractivity contribution >= 4 is 9.84 Å². The normalized spacial score (nSPS) is 18.1. The first-order valence-corrected chi connectivity index (χ1v) is 12.5. The monoisotopic (exact) mass is 480 g/mol. The molecule has 0 spiro atoms. The van der Waals surface area contributed by atoms with E-state index in [2.05, 4.69) is 0 Å². The van der Waals surface area contributed by atoms with Crippen LogP contribution in [0, 0.1) is 0 Å². The summed E-state index contributed by atoms with van der Waals surface area (Å²) in [5.41, 5.74) is 0.500. The lowest BCUT2D eigenvalue weighted by Crippen LogP contribution is -2.22. The molecule has 9 heteroatoms. The Hall–Kier alpha value is -2.65. The molecule has 0 amide bonds. The van der Waals surface area contributed by atoms with Gasteiger partial charge in [0.05, 0.1) is 46.9 Å². The average Bonchev–Trinajstić information content (AvgIpc) is 3.33. The van der Waals surface area contributed by atoms with Crippen molar-refractivity contribution in [3.63, 3.8) is 0 Å². The van der Waals surface area contributed by atoms with E-state index in [1.807, 2.05) is 6.92 Å². The van der Waals surface area contributed by atoms with Crippen molar-refractivity contribution in [2.75, 3.05) is 35.0 Å². The van der Waals surface area contributed by atoms with Gasteiger partial charge in [-0.15, -0.1) is 0 Å². The van der Waals surface area contributed by atoms with Crippen molar-refractivity contribution in [1.29, 1.82) is 0 Å². The summed E-state index contributed by atoms with van der Waals surface area (Å²) < 4.78 is 59.4. The Morgan fingerprint density at radius 3 is 2.12 bits per heavy atom. The van der Waals surface area contributed by atoms with Crippen LogP contribution < -0.4 is 23.7 Å². The summed E-state index contributed by atoms with van der Waals surface area (Å²) in [5, 5.41) is 0. The van der Waals surface area contributed by atoms with E-state index >= 15 is 0 Å². The Balaban J connectivity index is 1.75. The molecule has 1 aliphatic rings. The van der Waals surface area contributed by atoms with Crippen LogP contribution in [-0.2, 0) is 20.3 Å². The molecule has 0 radical (unpaired) electrons. The number of rotatable bonds is 11. The topological polar surface area (TPSA) is 89.5 Å². The fourth-order valence-corrected chi connectivity index (χ4v) is 5.49. The quantitative estimate of drug-likeness (QED) is 0.470. The second kappa shape index (κ2) is 11.0. The predicted octanol–water partition coefficient (Wildman–Crippen LogP) is 4.30. The number of methoxy groups -OCH3 is 4. The van der Waals surface area contributed by atoms with E-state index in [-0.39, 0.29) is 5.75 Å². The summed E-state index contributed by atoms with van der Waals surface area (Å²) >= 11 is 0. The molecule has 0 bridgehead atoms. The zero-order chi connectivity index (χ0) is 24.0. The summed E-state index contributed by atoms with van der Waals surface area (Å²) in [4.78, 5) is 0. The van der Waals surface area contributed by atoms with Gasteiger partial charge in [0.25, 0.3) is 0 Å². The van der Waals surface area contributed by atoms with E-state index in [0.29, 0.717) is 53.8 Å². The second-order valence-electron chi connectivity index (χ2n) is 7.73. The number of sulfone groups is 1. The highest BCUT2D eigenvalue weighted by molar-refractivity contribution is 7.91. The van der Waals surface area contributed by atoms with Crippen molar-refractivity contribution in [1.82, 2.24) is 0 Å². The molecule has 0 aromatic heterocycles. The van der Waals surface area contributed by atoms with Crippen molar-refractivity contribution < 1.29 is 36.8 Å². The second-order valence-corrected chi connectivity index (χ2v) is 9.87. The summed E-state index contributed by atoms with van der Waals surface area (Å²) in [5.74, 6) is 2.44. The molecule has 1 saturated heterocycles. The van der Waals surface area contributed by atoms with E-state index in [4.69, 9.17) is 28.4 Å². The van der Waals surface area contributed by atoms with Crippen molar-refractivity contribution in [2.24, 2.45) is 0 Å². The fraction of sp³-hybridized carbons (Fsp3) is 0.500. The third kappa shape index (κ3) is 5.65. The van der Waals surface area contributed by atoms with Crippen LogP contribution in [0.25, 0.3) is 0 Å². The molecule has 2 atom stereocenters. The highest BCUT2D eigenvalue weighted by Gasteiger charge is 2.36. The maximum Gasteiger partial charge on any atom is 0.203 e. The van der Waals surface area contributed by atoms with Gasteiger partial charge in [-0.05, 0) is 54.7 Å². The Kier molecular flexibility index (Phi) is 8.31. The molecule has 182 valence electrons. The van der Waals surface area contributed by atoms with E-state index in [1.54, 1.807) is 30.3 Å². The van der Waals surface area contributed by atoms with E-state index in [9.17, 15) is 8.42 Å². The van der Waals surface area contributed by atoms with E-state index in [0.717, 1.165) is 12.0 Å².